The number of hydrogen-bond donors (Lipinski definition) is 1. The fourth-order valence-corrected chi connectivity index (χ4v) is 2.79. The lowest BCUT2D eigenvalue weighted by atomic mass is 10.1. The Kier molecular flexibility index (Phi) is 4.38. The lowest BCUT2D eigenvalue weighted by molar-refractivity contribution is -0.116. The van der Waals surface area contributed by atoms with E-state index in [0.29, 0.717) is 18.0 Å². The van der Waals surface area contributed by atoms with Crippen molar-refractivity contribution in [1.82, 2.24) is 25.1 Å². The molecule has 26 heavy (non-hydrogen) atoms. The van der Waals surface area contributed by atoms with Crippen molar-refractivity contribution < 1.29 is 4.79 Å². The van der Waals surface area contributed by atoms with Gasteiger partial charge in [0, 0.05) is 23.4 Å². The number of nitrogens with one attached hydrogen (secondary N) is 1. The fraction of sp³-hybridized carbons (Fsp3) is 0.100. The van der Waals surface area contributed by atoms with Crippen LogP contribution in [0.5, 0.6) is 0 Å². The molecule has 4 rings (SSSR count). The van der Waals surface area contributed by atoms with Gasteiger partial charge in [-0.15, -0.1) is 10.2 Å². The molecule has 0 aliphatic carbocycles. The van der Waals surface area contributed by atoms with Gasteiger partial charge < -0.3 is 5.32 Å². The average molecular weight is 343 g/mol. The molecule has 6 heteroatoms. The Morgan fingerprint density at radius 1 is 1.04 bits per heavy atom. The van der Waals surface area contributed by atoms with Crippen LogP contribution < -0.4 is 5.32 Å². The number of benzene rings is 2. The third-order valence-electron chi connectivity index (χ3n) is 4.12. The molecule has 0 fully saturated rings. The molecule has 2 aromatic carbocycles. The topological polar surface area (TPSA) is 72.2 Å². The predicted octanol–water partition coefficient (Wildman–Crippen LogP) is 2.65. The molecule has 0 spiro atoms. The van der Waals surface area contributed by atoms with Gasteiger partial charge in [0.25, 0.3) is 0 Å². The molecule has 0 atom stereocenters. The van der Waals surface area contributed by atoms with Crippen molar-refractivity contribution in [2.45, 2.75) is 6.42 Å². The van der Waals surface area contributed by atoms with Crippen LogP contribution in [0.3, 0.4) is 0 Å². The highest BCUT2D eigenvalue weighted by Gasteiger charge is 2.08. The lowest BCUT2D eigenvalue weighted by Crippen LogP contribution is -2.23. The van der Waals surface area contributed by atoms with Crippen LogP contribution in [0.2, 0.25) is 0 Å². The third kappa shape index (κ3) is 3.30. The summed E-state index contributed by atoms with van der Waals surface area (Å²) in [4.78, 5) is 12.0. The zero-order valence-corrected chi connectivity index (χ0v) is 14.0. The molecule has 2 heterocycles. The number of aromatic nitrogens is 4. The standard InChI is InChI=1S/C20H17N5O/c26-19(21-13-12-15-6-2-1-3-7-15)11-10-18-23-24-20-17-9-5-4-8-16(17)14-22-25(18)20/h1-11,14H,12-13H2,(H,21,26). The van der Waals surface area contributed by atoms with Crippen LogP contribution in [-0.4, -0.2) is 32.3 Å². The molecule has 0 unspecified atom stereocenters. The number of carbonyl (C=O) groups is 1. The molecule has 0 saturated heterocycles. The Labute approximate surface area is 150 Å². The first kappa shape index (κ1) is 16.0. The average Bonchev–Trinajstić information content (AvgIpc) is 3.11. The van der Waals surface area contributed by atoms with Gasteiger partial charge >= 0.3 is 0 Å². The highest BCUT2D eigenvalue weighted by atomic mass is 16.1. The van der Waals surface area contributed by atoms with Crippen molar-refractivity contribution in [2.75, 3.05) is 6.54 Å². The van der Waals surface area contributed by atoms with E-state index in [1.807, 2.05) is 54.6 Å². The summed E-state index contributed by atoms with van der Waals surface area (Å²) in [7, 11) is 0. The van der Waals surface area contributed by atoms with Crippen molar-refractivity contribution in [3.8, 4) is 0 Å². The number of amides is 1. The first-order valence-corrected chi connectivity index (χ1v) is 8.40. The Bertz CT molecular complexity index is 1090. The molecule has 4 aromatic rings. The SMILES string of the molecule is O=C(C=Cc1nnc2c3ccccc3cnn12)NCCc1ccccc1. The van der Waals surface area contributed by atoms with E-state index in [0.717, 1.165) is 17.2 Å². The summed E-state index contributed by atoms with van der Waals surface area (Å²) in [6, 6.07) is 17.9. The van der Waals surface area contributed by atoms with Crippen LogP contribution in [0, 0.1) is 0 Å². The molecule has 6 nitrogen and oxygen atoms in total. The maximum absolute atomic E-state index is 12.0. The van der Waals surface area contributed by atoms with Gasteiger partial charge in [0.15, 0.2) is 11.5 Å². The number of carbonyl (C=O) groups excluding carboxylic acids is 1. The minimum atomic E-state index is -0.168. The van der Waals surface area contributed by atoms with Crippen LogP contribution in [0.4, 0.5) is 0 Å². The van der Waals surface area contributed by atoms with Crippen molar-refractivity contribution in [3.05, 3.63) is 78.3 Å². The van der Waals surface area contributed by atoms with E-state index in [2.05, 4.69) is 20.6 Å². The van der Waals surface area contributed by atoms with E-state index in [4.69, 9.17) is 0 Å². The van der Waals surface area contributed by atoms with Gasteiger partial charge in [0.05, 0.1) is 6.20 Å². The maximum Gasteiger partial charge on any atom is 0.244 e. The van der Waals surface area contributed by atoms with Gasteiger partial charge in [0.2, 0.25) is 5.91 Å². The lowest BCUT2D eigenvalue weighted by Gasteiger charge is -2.02. The fourth-order valence-electron chi connectivity index (χ4n) is 2.79. The summed E-state index contributed by atoms with van der Waals surface area (Å²) in [5.74, 6) is 0.349. The van der Waals surface area contributed by atoms with Crippen molar-refractivity contribution in [1.29, 1.82) is 0 Å². The summed E-state index contributed by atoms with van der Waals surface area (Å²) in [6.45, 7) is 0.580. The molecule has 0 aliphatic heterocycles. The summed E-state index contributed by atoms with van der Waals surface area (Å²) in [5.41, 5.74) is 1.86. The third-order valence-corrected chi connectivity index (χ3v) is 4.12. The largest absolute Gasteiger partial charge is 0.352 e. The summed E-state index contributed by atoms with van der Waals surface area (Å²) >= 11 is 0. The van der Waals surface area contributed by atoms with E-state index in [9.17, 15) is 4.79 Å². The molecule has 2 aromatic heterocycles. The number of rotatable bonds is 5. The number of fused-ring (bicyclic) bond motifs is 3. The number of hydrogen-bond acceptors (Lipinski definition) is 4. The van der Waals surface area contributed by atoms with Crippen molar-refractivity contribution >= 4 is 28.4 Å². The zero-order chi connectivity index (χ0) is 17.8. The van der Waals surface area contributed by atoms with Crippen LogP contribution in [-0.2, 0) is 11.2 Å². The Balaban J connectivity index is 1.45. The molecule has 128 valence electrons. The van der Waals surface area contributed by atoms with Gasteiger partial charge in [-0.2, -0.15) is 9.61 Å². The molecule has 0 radical (unpaired) electrons. The highest BCUT2D eigenvalue weighted by Crippen LogP contribution is 2.17. The minimum absolute atomic E-state index is 0.168. The van der Waals surface area contributed by atoms with Crippen molar-refractivity contribution in [3.63, 3.8) is 0 Å². The van der Waals surface area contributed by atoms with E-state index in [-0.39, 0.29) is 5.91 Å². The predicted molar refractivity (Wildman–Crippen MR) is 100 cm³/mol. The van der Waals surface area contributed by atoms with Crippen LogP contribution in [0.15, 0.2) is 66.9 Å². The first-order valence-electron chi connectivity index (χ1n) is 8.40. The summed E-state index contributed by atoms with van der Waals surface area (Å²) < 4.78 is 1.64. The van der Waals surface area contributed by atoms with Gasteiger partial charge in [0.1, 0.15) is 0 Å². The van der Waals surface area contributed by atoms with Crippen LogP contribution in [0.1, 0.15) is 11.4 Å². The second-order valence-corrected chi connectivity index (χ2v) is 5.89. The number of nitrogens with zero attached hydrogens (tertiary/aromatic N) is 4. The first-order chi connectivity index (χ1) is 12.8. The molecular weight excluding hydrogens is 326 g/mol. The van der Waals surface area contributed by atoms with Crippen LogP contribution in [0.25, 0.3) is 22.5 Å². The smallest absolute Gasteiger partial charge is 0.244 e. The monoisotopic (exact) mass is 343 g/mol. The molecule has 0 saturated carbocycles. The van der Waals surface area contributed by atoms with Gasteiger partial charge in [-0.25, -0.2) is 0 Å². The molecule has 1 N–H and O–H groups in total. The Morgan fingerprint density at radius 2 is 1.85 bits per heavy atom. The molecular formula is C20H17N5O. The van der Waals surface area contributed by atoms with Gasteiger partial charge in [-0.1, -0.05) is 54.6 Å². The second-order valence-electron chi connectivity index (χ2n) is 5.89. The highest BCUT2D eigenvalue weighted by molar-refractivity contribution is 5.94. The van der Waals surface area contributed by atoms with Gasteiger partial charge in [-0.3, -0.25) is 4.79 Å². The summed E-state index contributed by atoms with van der Waals surface area (Å²) in [6.07, 6.45) is 5.64. The van der Waals surface area contributed by atoms with Crippen molar-refractivity contribution in [2.24, 2.45) is 0 Å². The Morgan fingerprint density at radius 3 is 2.73 bits per heavy atom. The summed E-state index contributed by atoms with van der Waals surface area (Å²) in [5, 5.41) is 17.5. The normalized spacial score (nSPS) is 11.4. The van der Waals surface area contributed by atoms with Gasteiger partial charge in [-0.05, 0) is 18.1 Å². The van der Waals surface area contributed by atoms with E-state index < -0.39 is 0 Å². The maximum atomic E-state index is 12.0. The van der Waals surface area contributed by atoms with E-state index in [1.54, 1.807) is 16.8 Å². The molecule has 0 aliphatic rings. The Hall–Kier alpha value is -3.54. The van der Waals surface area contributed by atoms with E-state index >= 15 is 0 Å². The quantitative estimate of drug-likeness (QED) is 0.566. The minimum Gasteiger partial charge on any atom is -0.352 e. The second kappa shape index (κ2) is 7.14. The molecule has 0 bridgehead atoms. The van der Waals surface area contributed by atoms with Crippen LogP contribution >= 0.6 is 0 Å². The zero-order valence-electron chi connectivity index (χ0n) is 14.0. The van der Waals surface area contributed by atoms with E-state index in [1.165, 1.54) is 11.6 Å². The molecule has 1 amide bonds.